The van der Waals surface area contributed by atoms with Crippen molar-refractivity contribution in [1.82, 2.24) is 16.0 Å². The summed E-state index contributed by atoms with van der Waals surface area (Å²) < 4.78 is 0. The molecule has 30 heavy (non-hydrogen) atoms. The maximum absolute atomic E-state index is 12.6. The Balaban J connectivity index is 5.36. The van der Waals surface area contributed by atoms with Crippen LogP contribution < -0.4 is 27.4 Å². The molecule has 172 valence electrons. The van der Waals surface area contributed by atoms with Gasteiger partial charge in [-0.3, -0.25) is 19.2 Å². The highest BCUT2D eigenvalue weighted by atomic mass is 16.4. The SMILES string of the molecule is CC(N)C(=O)NC(CCC(=O)O)C(=O)NC(CCCCN)C(=O)NC(CO)C(=O)O. The van der Waals surface area contributed by atoms with E-state index in [2.05, 4.69) is 16.0 Å². The highest BCUT2D eigenvalue weighted by Crippen LogP contribution is 2.05. The molecule has 0 spiro atoms. The van der Waals surface area contributed by atoms with E-state index < -0.39 is 66.9 Å². The molecule has 0 aliphatic carbocycles. The highest BCUT2D eigenvalue weighted by Gasteiger charge is 2.29. The molecule has 3 amide bonds. The smallest absolute Gasteiger partial charge is 0.328 e. The zero-order valence-electron chi connectivity index (χ0n) is 16.8. The van der Waals surface area contributed by atoms with Gasteiger partial charge >= 0.3 is 11.9 Å². The molecule has 0 bridgehead atoms. The van der Waals surface area contributed by atoms with Gasteiger partial charge in [0.15, 0.2) is 0 Å². The normalized spacial score (nSPS) is 14.7. The van der Waals surface area contributed by atoms with Crippen molar-refractivity contribution in [2.45, 2.75) is 63.2 Å². The number of carbonyl (C=O) groups excluding carboxylic acids is 3. The zero-order valence-corrected chi connectivity index (χ0v) is 16.8. The molecule has 0 aromatic carbocycles. The first-order chi connectivity index (χ1) is 14.0. The summed E-state index contributed by atoms with van der Waals surface area (Å²) in [6, 6.07) is -4.96. The van der Waals surface area contributed by atoms with Crippen molar-refractivity contribution in [2.24, 2.45) is 11.5 Å². The summed E-state index contributed by atoms with van der Waals surface area (Å²) in [7, 11) is 0. The largest absolute Gasteiger partial charge is 0.481 e. The number of aliphatic carboxylic acids is 2. The van der Waals surface area contributed by atoms with E-state index >= 15 is 0 Å². The number of rotatable bonds is 15. The van der Waals surface area contributed by atoms with E-state index in [-0.39, 0.29) is 12.8 Å². The molecule has 0 radical (unpaired) electrons. The lowest BCUT2D eigenvalue weighted by Gasteiger charge is -2.24. The molecule has 0 aromatic heterocycles. The van der Waals surface area contributed by atoms with Crippen molar-refractivity contribution in [3.63, 3.8) is 0 Å². The number of hydrogen-bond acceptors (Lipinski definition) is 8. The Labute approximate surface area is 173 Å². The van der Waals surface area contributed by atoms with Crippen LogP contribution in [0.2, 0.25) is 0 Å². The van der Waals surface area contributed by atoms with Crippen molar-refractivity contribution >= 4 is 29.7 Å². The Morgan fingerprint density at radius 2 is 1.33 bits per heavy atom. The van der Waals surface area contributed by atoms with Crippen LogP contribution in [0.25, 0.3) is 0 Å². The summed E-state index contributed by atoms with van der Waals surface area (Å²) in [4.78, 5) is 58.8. The molecule has 0 aliphatic heterocycles. The average molecular weight is 433 g/mol. The van der Waals surface area contributed by atoms with Crippen molar-refractivity contribution in [2.75, 3.05) is 13.2 Å². The van der Waals surface area contributed by atoms with Gasteiger partial charge in [-0.15, -0.1) is 0 Å². The second-order valence-corrected chi connectivity index (χ2v) is 6.71. The minimum absolute atomic E-state index is 0.111. The number of carboxylic acids is 2. The Hall–Kier alpha value is -2.77. The lowest BCUT2D eigenvalue weighted by molar-refractivity contribution is -0.143. The van der Waals surface area contributed by atoms with E-state index in [1.54, 1.807) is 0 Å². The standard InChI is InChI=1S/C17H31N5O8/c1-9(19)14(26)20-11(5-6-13(24)25)16(28)21-10(4-2-3-7-18)15(27)22-12(8-23)17(29)30/h9-12,23H,2-8,18-19H2,1H3,(H,20,26)(H,21,28)(H,22,27)(H,24,25)(H,29,30). The molecule has 0 saturated carbocycles. The van der Waals surface area contributed by atoms with Gasteiger partial charge in [0.05, 0.1) is 12.6 Å². The third-order valence-electron chi connectivity index (χ3n) is 4.07. The Morgan fingerprint density at radius 1 is 0.833 bits per heavy atom. The van der Waals surface area contributed by atoms with Crippen molar-refractivity contribution in [3.05, 3.63) is 0 Å². The minimum atomic E-state index is -1.56. The zero-order chi connectivity index (χ0) is 23.3. The predicted octanol–water partition coefficient (Wildman–Crippen LogP) is -3.14. The number of unbranched alkanes of at least 4 members (excludes halogenated alkanes) is 1. The molecule has 13 heteroatoms. The second kappa shape index (κ2) is 14.3. The molecule has 10 N–H and O–H groups in total. The number of hydrogen-bond donors (Lipinski definition) is 8. The third-order valence-corrected chi connectivity index (χ3v) is 4.07. The van der Waals surface area contributed by atoms with Gasteiger partial charge in [-0.25, -0.2) is 4.79 Å². The van der Waals surface area contributed by atoms with Crippen molar-refractivity contribution < 1.29 is 39.3 Å². The first kappa shape index (κ1) is 27.2. The molecule has 4 atom stereocenters. The Bertz CT molecular complexity index is 613. The fourth-order valence-corrected chi connectivity index (χ4v) is 2.33. The fraction of sp³-hybridized carbons (Fsp3) is 0.706. The third kappa shape index (κ3) is 10.7. The van der Waals surface area contributed by atoms with Gasteiger partial charge in [-0.2, -0.15) is 0 Å². The summed E-state index contributed by atoms with van der Waals surface area (Å²) in [6.07, 6.45) is 0.404. The summed E-state index contributed by atoms with van der Waals surface area (Å²) in [5, 5.41) is 33.7. The van der Waals surface area contributed by atoms with Crippen LogP contribution in [-0.2, 0) is 24.0 Å². The van der Waals surface area contributed by atoms with Gasteiger partial charge in [0.1, 0.15) is 18.1 Å². The van der Waals surface area contributed by atoms with Gasteiger partial charge in [-0.05, 0) is 39.2 Å². The molecule has 0 heterocycles. The number of aliphatic hydroxyl groups excluding tert-OH is 1. The van der Waals surface area contributed by atoms with E-state index in [0.29, 0.717) is 19.4 Å². The first-order valence-electron chi connectivity index (χ1n) is 9.45. The molecule has 0 fully saturated rings. The van der Waals surface area contributed by atoms with E-state index in [0.717, 1.165) is 0 Å². The van der Waals surface area contributed by atoms with Crippen LogP contribution in [0.15, 0.2) is 0 Å². The van der Waals surface area contributed by atoms with Gasteiger partial charge < -0.3 is 42.7 Å². The molecular weight excluding hydrogens is 402 g/mol. The maximum atomic E-state index is 12.6. The molecule has 0 saturated heterocycles. The summed E-state index contributed by atoms with van der Waals surface area (Å²) in [5.41, 5.74) is 10.9. The number of nitrogens with two attached hydrogens (primary N) is 2. The minimum Gasteiger partial charge on any atom is -0.481 e. The molecule has 0 aromatic rings. The molecule has 13 nitrogen and oxygen atoms in total. The number of aliphatic hydroxyl groups is 1. The van der Waals surface area contributed by atoms with Crippen LogP contribution in [0.5, 0.6) is 0 Å². The molecule has 0 rings (SSSR count). The van der Waals surface area contributed by atoms with Crippen LogP contribution in [0.4, 0.5) is 0 Å². The number of nitrogens with one attached hydrogen (secondary N) is 3. The summed E-state index contributed by atoms with van der Waals surface area (Å²) in [5.74, 6) is -5.00. The van der Waals surface area contributed by atoms with Crippen LogP contribution >= 0.6 is 0 Å². The Morgan fingerprint density at radius 3 is 1.77 bits per heavy atom. The number of carboxylic acid groups (broad SMARTS) is 2. The van der Waals surface area contributed by atoms with Crippen LogP contribution in [0.3, 0.4) is 0 Å². The Kier molecular flexibility index (Phi) is 12.9. The van der Waals surface area contributed by atoms with E-state index in [1.165, 1.54) is 6.92 Å². The van der Waals surface area contributed by atoms with Crippen molar-refractivity contribution in [1.29, 1.82) is 0 Å². The highest BCUT2D eigenvalue weighted by molar-refractivity contribution is 5.94. The van der Waals surface area contributed by atoms with Crippen LogP contribution in [0, 0.1) is 0 Å². The average Bonchev–Trinajstić information content (AvgIpc) is 2.67. The molecule has 4 unspecified atom stereocenters. The van der Waals surface area contributed by atoms with Gasteiger partial charge in [0.25, 0.3) is 0 Å². The monoisotopic (exact) mass is 433 g/mol. The second-order valence-electron chi connectivity index (χ2n) is 6.71. The van der Waals surface area contributed by atoms with Crippen molar-refractivity contribution in [3.8, 4) is 0 Å². The lowest BCUT2D eigenvalue weighted by Crippen LogP contribution is -2.57. The summed E-state index contributed by atoms with van der Waals surface area (Å²) >= 11 is 0. The van der Waals surface area contributed by atoms with Crippen LogP contribution in [0.1, 0.15) is 39.0 Å². The predicted molar refractivity (Wildman–Crippen MR) is 104 cm³/mol. The van der Waals surface area contributed by atoms with E-state index in [4.69, 9.17) is 26.8 Å². The fourth-order valence-electron chi connectivity index (χ4n) is 2.33. The summed E-state index contributed by atoms with van der Waals surface area (Å²) in [6.45, 7) is 0.865. The van der Waals surface area contributed by atoms with Crippen LogP contribution in [-0.4, -0.2) is 82.3 Å². The topological polar surface area (TPSA) is 234 Å². The van der Waals surface area contributed by atoms with Gasteiger partial charge in [0.2, 0.25) is 17.7 Å². The maximum Gasteiger partial charge on any atom is 0.328 e. The first-order valence-corrected chi connectivity index (χ1v) is 9.45. The number of amides is 3. The molecular formula is C17H31N5O8. The van der Waals surface area contributed by atoms with E-state index in [9.17, 15) is 24.0 Å². The van der Waals surface area contributed by atoms with Gasteiger partial charge in [0, 0.05) is 6.42 Å². The quantitative estimate of drug-likeness (QED) is 0.121. The van der Waals surface area contributed by atoms with E-state index in [1.807, 2.05) is 0 Å². The number of carbonyl (C=O) groups is 5. The molecule has 0 aliphatic rings. The van der Waals surface area contributed by atoms with Gasteiger partial charge in [-0.1, -0.05) is 0 Å². The lowest BCUT2D eigenvalue weighted by atomic mass is 10.1.